The average Bonchev–Trinajstić information content (AvgIpc) is 3.76. The summed E-state index contributed by atoms with van der Waals surface area (Å²) < 4.78 is 12.1. The number of carbonyl (C=O) groups is 4. The number of ether oxygens (including phenoxy) is 2. The second kappa shape index (κ2) is 15.8. The van der Waals surface area contributed by atoms with Gasteiger partial charge in [0.15, 0.2) is 0 Å². The Morgan fingerprint density at radius 1 is 1.08 bits per heavy atom. The SMILES string of the molecule is C=CCCC(=O)OC[C@H](NC(=O)[C@@H]1[C@@H]2CC[C@]3(O2)[C@H](C(=O)N(CC=C)c2ccc(N(CC)CC)cc2)N(CCO)C(=O)[C@@H]13)c1ccccc1. The molecule has 5 rings (SSSR count). The van der Waals surface area contributed by atoms with Crippen LogP contribution in [0.4, 0.5) is 11.4 Å². The molecule has 0 unspecified atom stereocenters. The largest absolute Gasteiger partial charge is 0.463 e. The molecule has 2 N–H and O–H groups in total. The molecule has 2 aromatic carbocycles. The number of benzene rings is 2. The number of anilines is 2. The number of allylic oxidation sites excluding steroid dienone is 1. The first-order chi connectivity index (χ1) is 23.7. The van der Waals surface area contributed by atoms with Crippen molar-refractivity contribution in [1.82, 2.24) is 10.2 Å². The average molecular weight is 673 g/mol. The van der Waals surface area contributed by atoms with E-state index in [9.17, 15) is 24.3 Å². The third-order valence-electron chi connectivity index (χ3n) is 10.0. The molecule has 11 heteroatoms. The van der Waals surface area contributed by atoms with E-state index in [1.165, 1.54) is 4.90 Å². The number of nitrogens with one attached hydrogen (secondary N) is 1. The van der Waals surface area contributed by atoms with Crippen LogP contribution in [0.15, 0.2) is 79.9 Å². The summed E-state index contributed by atoms with van der Waals surface area (Å²) in [6.45, 7) is 13.0. The number of rotatable bonds is 17. The van der Waals surface area contributed by atoms with Crippen LogP contribution >= 0.6 is 0 Å². The van der Waals surface area contributed by atoms with Gasteiger partial charge in [-0.25, -0.2) is 0 Å². The second-order valence-electron chi connectivity index (χ2n) is 12.7. The Balaban J connectivity index is 1.43. The Labute approximate surface area is 288 Å². The maximum atomic E-state index is 14.6. The second-order valence-corrected chi connectivity index (χ2v) is 12.7. The topological polar surface area (TPSA) is 129 Å². The van der Waals surface area contributed by atoms with Gasteiger partial charge in [-0.15, -0.1) is 13.2 Å². The molecule has 49 heavy (non-hydrogen) atoms. The van der Waals surface area contributed by atoms with Gasteiger partial charge in [0.25, 0.3) is 5.91 Å². The maximum Gasteiger partial charge on any atom is 0.306 e. The first-order valence-electron chi connectivity index (χ1n) is 17.2. The van der Waals surface area contributed by atoms with Gasteiger partial charge in [0, 0.05) is 44.0 Å². The van der Waals surface area contributed by atoms with E-state index >= 15 is 0 Å². The number of hydrogen-bond donors (Lipinski definition) is 2. The highest BCUT2D eigenvalue weighted by molar-refractivity contribution is 6.05. The lowest BCUT2D eigenvalue weighted by Gasteiger charge is -2.36. The lowest BCUT2D eigenvalue weighted by Crippen LogP contribution is -2.57. The van der Waals surface area contributed by atoms with Crippen LogP contribution in [0.25, 0.3) is 0 Å². The van der Waals surface area contributed by atoms with Gasteiger partial charge in [0.1, 0.15) is 18.2 Å². The highest BCUT2D eigenvalue weighted by Gasteiger charge is 2.74. The van der Waals surface area contributed by atoms with Crippen molar-refractivity contribution in [2.75, 3.05) is 49.2 Å². The molecule has 0 saturated carbocycles. The smallest absolute Gasteiger partial charge is 0.306 e. The minimum Gasteiger partial charge on any atom is -0.463 e. The van der Waals surface area contributed by atoms with Crippen molar-refractivity contribution in [3.8, 4) is 0 Å². The normalized spacial score (nSPS) is 24.2. The lowest BCUT2D eigenvalue weighted by molar-refractivity contribution is -0.146. The zero-order chi connectivity index (χ0) is 35.1. The van der Waals surface area contributed by atoms with Crippen LogP contribution in [0.1, 0.15) is 51.1 Å². The van der Waals surface area contributed by atoms with Gasteiger partial charge in [-0.1, -0.05) is 42.5 Å². The fourth-order valence-corrected chi connectivity index (χ4v) is 7.76. The molecular weight excluding hydrogens is 624 g/mol. The third kappa shape index (κ3) is 7.00. The van der Waals surface area contributed by atoms with E-state index in [2.05, 4.69) is 37.2 Å². The summed E-state index contributed by atoms with van der Waals surface area (Å²) in [5.74, 6) is -3.35. The lowest BCUT2D eigenvalue weighted by atomic mass is 9.70. The Bertz CT molecular complexity index is 1510. The van der Waals surface area contributed by atoms with E-state index in [4.69, 9.17) is 9.47 Å². The number of hydrogen-bond acceptors (Lipinski definition) is 8. The number of carbonyl (C=O) groups excluding carboxylic acids is 4. The van der Waals surface area contributed by atoms with Crippen molar-refractivity contribution in [2.24, 2.45) is 11.8 Å². The van der Waals surface area contributed by atoms with Gasteiger partial charge in [0.05, 0.1) is 30.6 Å². The molecule has 3 aliphatic heterocycles. The van der Waals surface area contributed by atoms with Gasteiger partial charge >= 0.3 is 5.97 Å². The standard InChI is InChI=1S/C38H48N4O7/c1-5-9-15-31(44)48-25-29(26-13-11-10-12-14-26)39-35(45)32-30-20-21-38(49-30)33(32)36(46)42(23-24-43)34(38)37(47)41(22-6-2)28-18-16-27(17-19-28)40(7-3)8-4/h5-6,10-14,16-19,29-30,32-34,43H,1-2,7-9,15,20-25H2,3-4H3,(H,39,45)/t29-,30-,32+,33+,34-,38+/m0/s1. The van der Waals surface area contributed by atoms with E-state index < -0.39 is 53.4 Å². The van der Waals surface area contributed by atoms with Crippen LogP contribution in [-0.2, 0) is 28.7 Å². The molecule has 1 spiro atoms. The molecule has 262 valence electrons. The first-order valence-corrected chi connectivity index (χ1v) is 17.2. The van der Waals surface area contributed by atoms with E-state index in [1.807, 2.05) is 54.6 Å². The molecule has 6 atom stereocenters. The molecule has 3 saturated heterocycles. The third-order valence-corrected chi connectivity index (χ3v) is 10.0. The van der Waals surface area contributed by atoms with Crippen molar-refractivity contribution >= 4 is 35.1 Å². The van der Waals surface area contributed by atoms with Crippen molar-refractivity contribution in [3.63, 3.8) is 0 Å². The molecular formula is C38H48N4O7. The monoisotopic (exact) mass is 672 g/mol. The number of fused-ring (bicyclic) bond motifs is 1. The summed E-state index contributed by atoms with van der Waals surface area (Å²) in [6.07, 6.45) is 4.26. The summed E-state index contributed by atoms with van der Waals surface area (Å²) in [6, 6.07) is 15.2. The van der Waals surface area contributed by atoms with Crippen LogP contribution in [0.5, 0.6) is 0 Å². The Kier molecular flexibility index (Phi) is 11.6. The predicted molar refractivity (Wildman–Crippen MR) is 187 cm³/mol. The van der Waals surface area contributed by atoms with Gasteiger partial charge in [-0.2, -0.15) is 0 Å². The Hall–Kier alpha value is -4.48. The van der Waals surface area contributed by atoms with Crippen molar-refractivity contribution in [1.29, 1.82) is 0 Å². The summed E-state index contributed by atoms with van der Waals surface area (Å²) in [4.78, 5) is 60.6. The van der Waals surface area contributed by atoms with Gasteiger partial charge in [-0.3, -0.25) is 19.2 Å². The molecule has 2 bridgehead atoms. The van der Waals surface area contributed by atoms with Crippen molar-refractivity contribution in [2.45, 2.75) is 63.3 Å². The van der Waals surface area contributed by atoms with E-state index in [0.29, 0.717) is 24.9 Å². The number of β-amino-alcohol motifs (C(OH)–C–C–N with tert-alkyl or cyclic N) is 1. The van der Waals surface area contributed by atoms with E-state index in [1.54, 1.807) is 17.1 Å². The van der Waals surface area contributed by atoms with Gasteiger partial charge < -0.3 is 34.6 Å². The minimum absolute atomic E-state index is 0.0774. The molecule has 3 fully saturated rings. The molecule has 11 nitrogen and oxygen atoms in total. The van der Waals surface area contributed by atoms with E-state index in [-0.39, 0.29) is 38.6 Å². The molecule has 0 radical (unpaired) electrons. The number of likely N-dealkylation sites (tertiary alicyclic amines) is 1. The minimum atomic E-state index is -1.24. The predicted octanol–water partition coefficient (Wildman–Crippen LogP) is 3.79. The zero-order valence-corrected chi connectivity index (χ0v) is 28.5. The van der Waals surface area contributed by atoms with Crippen LogP contribution in [0.3, 0.4) is 0 Å². The van der Waals surface area contributed by atoms with Crippen LogP contribution < -0.4 is 15.1 Å². The van der Waals surface area contributed by atoms with Crippen molar-refractivity contribution in [3.05, 3.63) is 85.5 Å². The Morgan fingerprint density at radius 2 is 1.78 bits per heavy atom. The molecule has 3 aliphatic rings. The maximum absolute atomic E-state index is 14.6. The van der Waals surface area contributed by atoms with Crippen LogP contribution in [0, 0.1) is 11.8 Å². The molecule has 0 aliphatic carbocycles. The summed E-state index contributed by atoms with van der Waals surface area (Å²) >= 11 is 0. The fourth-order valence-electron chi connectivity index (χ4n) is 7.76. The molecule has 2 aromatic rings. The van der Waals surface area contributed by atoms with Gasteiger partial charge in [0.2, 0.25) is 11.8 Å². The zero-order valence-electron chi connectivity index (χ0n) is 28.5. The number of amides is 3. The van der Waals surface area contributed by atoms with Gasteiger partial charge in [-0.05, 0) is 62.9 Å². The number of nitrogens with zero attached hydrogens (tertiary/aromatic N) is 3. The van der Waals surface area contributed by atoms with Crippen molar-refractivity contribution < 1.29 is 33.8 Å². The number of aliphatic hydroxyl groups is 1. The molecule has 3 amide bonds. The summed E-state index contributed by atoms with van der Waals surface area (Å²) in [5.41, 5.74) is 1.18. The quantitative estimate of drug-likeness (QED) is 0.192. The summed E-state index contributed by atoms with van der Waals surface area (Å²) in [5, 5.41) is 13.1. The van der Waals surface area contributed by atoms with Crippen LogP contribution in [-0.4, -0.2) is 90.8 Å². The van der Waals surface area contributed by atoms with Crippen LogP contribution in [0.2, 0.25) is 0 Å². The Morgan fingerprint density at radius 3 is 2.41 bits per heavy atom. The summed E-state index contributed by atoms with van der Waals surface area (Å²) in [7, 11) is 0. The number of aliphatic hydroxyl groups excluding tert-OH is 1. The highest BCUT2D eigenvalue weighted by Crippen LogP contribution is 2.58. The first kappa shape index (κ1) is 35.8. The molecule has 0 aromatic heterocycles. The van der Waals surface area contributed by atoms with E-state index in [0.717, 1.165) is 24.3 Å². The highest BCUT2D eigenvalue weighted by atomic mass is 16.5. The number of esters is 1. The molecule has 3 heterocycles. The fraction of sp³-hybridized carbons (Fsp3) is 0.474.